The summed E-state index contributed by atoms with van der Waals surface area (Å²) >= 11 is 2.25. The van der Waals surface area contributed by atoms with Crippen molar-refractivity contribution in [1.82, 2.24) is 0 Å². The standard InChI is InChI=1S/C8H16IN3O3/c1-8(11-12-10)15-7-6-14-5-4-13-3-2-9/h8H,2-7H2,1H3. The van der Waals surface area contributed by atoms with E-state index in [-0.39, 0.29) is 0 Å². The highest BCUT2D eigenvalue weighted by Gasteiger charge is 1.96. The lowest BCUT2D eigenvalue weighted by Crippen LogP contribution is -2.13. The second-order valence-corrected chi connectivity index (χ2v) is 3.67. The van der Waals surface area contributed by atoms with Crippen LogP contribution in [0.5, 0.6) is 0 Å². The minimum Gasteiger partial charge on any atom is -0.378 e. The minimum absolute atomic E-state index is 0.423. The molecule has 0 aromatic rings. The largest absolute Gasteiger partial charge is 0.378 e. The predicted molar refractivity (Wildman–Crippen MR) is 65.1 cm³/mol. The van der Waals surface area contributed by atoms with Gasteiger partial charge in [-0.1, -0.05) is 27.7 Å². The molecule has 6 nitrogen and oxygen atoms in total. The Bertz CT molecular complexity index is 188. The van der Waals surface area contributed by atoms with Gasteiger partial charge in [-0.15, -0.1) is 0 Å². The Kier molecular flexibility index (Phi) is 11.9. The van der Waals surface area contributed by atoms with Crippen molar-refractivity contribution in [3.8, 4) is 0 Å². The summed E-state index contributed by atoms with van der Waals surface area (Å²) in [4.78, 5) is 2.62. The number of hydrogen-bond donors (Lipinski definition) is 0. The van der Waals surface area contributed by atoms with Crippen LogP contribution in [0.1, 0.15) is 6.92 Å². The quantitative estimate of drug-likeness (QED) is 0.154. The molecule has 0 aliphatic heterocycles. The minimum atomic E-state index is -0.436. The van der Waals surface area contributed by atoms with Crippen LogP contribution in [-0.4, -0.2) is 43.7 Å². The van der Waals surface area contributed by atoms with Crippen molar-refractivity contribution in [3.63, 3.8) is 0 Å². The van der Waals surface area contributed by atoms with E-state index in [1.807, 2.05) is 0 Å². The van der Waals surface area contributed by atoms with E-state index in [9.17, 15) is 0 Å². The van der Waals surface area contributed by atoms with Crippen LogP contribution in [0.2, 0.25) is 0 Å². The molecule has 0 aliphatic carbocycles. The number of halogens is 1. The third kappa shape index (κ3) is 11.8. The molecule has 0 heterocycles. The van der Waals surface area contributed by atoms with Crippen LogP contribution < -0.4 is 0 Å². The molecule has 0 aromatic heterocycles. The van der Waals surface area contributed by atoms with E-state index in [0.29, 0.717) is 26.4 Å². The molecular formula is C8H16IN3O3. The van der Waals surface area contributed by atoms with E-state index in [4.69, 9.17) is 19.7 Å². The Morgan fingerprint density at radius 3 is 2.40 bits per heavy atom. The molecule has 7 heteroatoms. The molecule has 0 amide bonds. The molecule has 0 fully saturated rings. The molecule has 0 radical (unpaired) electrons. The molecule has 0 N–H and O–H groups in total. The fraction of sp³-hybridized carbons (Fsp3) is 1.00. The SMILES string of the molecule is CC(N=[N+]=[N-])OCCOCCOCCI. The number of rotatable bonds is 10. The second-order valence-electron chi connectivity index (χ2n) is 2.59. The molecule has 0 rings (SSSR count). The van der Waals surface area contributed by atoms with Crippen LogP contribution in [0.3, 0.4) is 0 Å². The van der Waals surface area contributed by atoms with Gasteiger partial charge >= 0.3 is 0 Å². The Labute approximate surface area is 103 Å². The van der Waals surface area contributed by atoms with Crippen molar-refractivity contribution >= 4 is 22.6 Å². The highest BCUT2D eigenvalue weighted by molar-refractivity contribution is 14.1. The smallest absolute Gasteiger partial charge is 0.133 e. The van der Waals surface area contributed by atoms with Gasteiger partial charge in [-0.2, -0.15) is 0 Å². The number of ether oxygens (including phenoxy) is 3. The van der Waals surface area contributed by atoms with Crippen molar-refractivity contribution in [2.24, 2.45) is 5.11 Å². The summed E-state index contributed by atoms with van der Waals surface area (Å²) in [7, 11) is 0. The number of azide groups is 1. The van der Waals surface area contributed by atoms with E-state index in [2.05, 4.69) is 32.6 Å². The van der Waals surface area contributed by atoms with Crippen molar-refractivity contribution in [1.29, 1.82) is 0 Å². The molecule has 0 saturated heterocycles. The molecule has 1 unspecified atom stereocenters. The van der Waals surface area contributed by atoms with E-state index >= 15 is 0 Å². The normalized spacial score (nSPS) is 12.1. The number of nitrogens with zero attached hydrogens (tertiary/aromatic N) is 3. The first-order valence-corrected chi connectivity index (χ1v) is 6.21. The third-order valence-electron chi connectivity index (χ3n) is 1.39. The molecule has 0 aliphatic rings. The van der Waals surface area contributed by atoms with Crippen LogP contribution in [0.4, 0.5) is 0 Å². The Hall–Kier alpha value is -0.0800. The molecule has 15 heavy (non-hydrogen) atoms. The zero-order valence-corrected chi connectivity index (χ0v) is 10.9. The maximum atomic E-state index is 8.09. The molecule has 0 aromatic carbocycles. The maximum Gasteiger partial charge on any atom is 0.133 e. The van der Waals surface area contributed by atoms with Crippen LogP contribution >= 0.6 is 22.6 Å². The van der Waals surface area contributed by atoms with Gasteiger partial charge in [-0.3, -0.25) is 0 Å². The van der Waals surface area contributed by atoms with Gasteiger partial charge in [0.1, 0.15) is 6.23 Å². The van der Waals surface area contributed by atoms with Gasteiger partial charge in [0.05, 0.1) is 33.0 Å². The molecule has 0 spiro atoms. The third-order valence-corrected chi connectivity index (χ3v) is 1.83. The monoisotopic (exact) mass is 329 g/mol. The molecular weight excluding hydrogens is 313 g/mol. The average molecular weight is 329 g/mol. The average Bonchev–Trinajstić information content (AvgIpc) is 2.22. The fourth-order valence-corrected chi connectivity index (χ4v) is 1.07. The zero-order valence-electron chi connectivity index (χ0n) is 8.76. The maximum absolute atomic E-state index is 8.09. The second kappa shape index (κ2) is 12.0. The van der Waals surface area contributed by atoms with Crippen molar-refractivity contribution < 1.29 is 14.2 Å². The first-order chi connectivity index (χ1) is 7.31. The first-order valence-electron chi connectivity index (χ1n) is 4.68. The fourth-order valence-electron chi connectivity index (χ4n) is 0.760. The molecule has 88 valence electrons. The first kappa shape index (κ1) is 14.9. The lowest BCUT2D eigenvalue weighted by atomic mass is 10.6. The Morgan fingerprint density at radius 2 is 1.80 bits per heavy atom. The van der Waals surface area contributed by atoms with Gasteiger partial charge in [0, 0.05) is 9.34 Å². The van der Waals surface area contributed by atoms with E-state index in [1.54, 1.807) is 6.92 Å². The predicted octanol–water partition coefficient (Wildman–Crippen LogP) is 2.13. The van der Waals surface area contributed by atoms with Crippen molar-refractivity contribution in [2.75, 3.05) is 37.5 Å². The van der Waals surface area contributed by atoms with Gasteiger partial charge in [-0.25, -0.2) is 0 Å². The molecule has 1 atom stereocenters. The summed E-state index contributed by atoms with van der Waals surface area (Å²) in [5, 5.41) is 3.36. The Balaban J connectivity index is 3.07. The number of alkyl halides is 1. The van der Waals surface area contributed by atoms with E-state index < -0.39 is 6.23 Å². The van der Waals surface area contributed by atoms with Gasteiger partial charge < -0.3 is 14.2 Å². The summed E-state index contributed by atoms with van der Waals surface area (Å²) in [6, 6.07) is 0. The van der Waals surface area contributed by atoms with E-state index in [0.717, 1.165) is 11.0 Å². The summed E-state index contributed by atoms with van der Waals surface area (Å²) < 4.78 is 16.5. The van der Waals surface area contributed by atoms with Crippen LogP contribution in [0.15, 0.2) is 5.11 Å². The van der Waals surface area contributed by atoms with Gasteiger partial charge in [0.25, 0.3) is 0 Å². The van der Waals surface area contributed by atoms with E-state index in [1.165, 1.54) is 0 Å². The molecule has 0 saturated carbocycles. The highest BCUT2D eigenvalue weighted by Crippen LogP contribution is 1.92. The highest BCUT2D eigenvalue weighted by atomic mass is 127. The van der Waals surface area contributed by atoms with Gasteiger partial charge in [0.15, 0.2) is 0 Å². The Morgan fingerprint density at radius 1 is 1.20 bits per heavy atom. The summed E-state index contributed by atoms with van der Waals surface area (Å²) in [6.07, 6.45) is -0.436. The van der Waals surface area contributed by atoms with Gasteiger partial charge in [0.2, 0.25) is 0 Å². The van der Waals surface area contributed by atoms with Crippen LogP contribution in [0, 0.1) is 0 Å². The molecule has 0 bridgehead atoms. The summed E-state index contributed by atoms with van der Waals surface area (Å²) in [6.45, 7) is 4.52. The summed E-state index contributed by atoms with van der Waals surface area (Å²) in [5.41, 5.74) is 8.09. The lowest BCUT2D eigenvalue weighted by molar-refractivity contribution is -0.00238. The van der Waals surface area contributed by atoms with Crippen molar-refractivity contribution in [2.45, 2.75) is 13.2 Å². The van der Waals surface area contributed by atoms with Crippen LogP contribution in [-0.2, 0) is 14.2 Å². The zero-order chi connectivity index (χ0) is 11.4. The van der Waals surface area contributed by atoms with Crippen LogP contribution in [0.25, 0.3) is 10.4 Å². The number of hydrogen-bond acceptors (Lipinski definition) is 4. The topological polar surface area (TPSA) is 76.5 Å². The van der Waals surface area contributed by atoms with Crippen molar-refractivity contribution in [3.05, 3.63) is 10.4 Å². The van der Waals surface area contributed by atoms with Gasteiger partial charge in [-0.05, 0) is 12.5 Å². The summed E-state index contributed by atoms with van der Waals surface area (Å²) in [5.74, 6) is 0. The lowest BCUT2D eigenvalue weighted by Gasteiger charge is -2.07.